The van der Waals surface area contributed by atoms with E-state index in [0.29, 0.717) is 13.2 Å². The number of ether oxygens (including phenoxy) is 1. The lowest BCUT2D eigenvalue weighted by Crippen LogP contribution is -2.45. The molecule has 0 saturated carbocycles. The number of morpholine rings is 1. The van der Waals surface area contributed by atoms with E-state index in [9.17, 15) is 9.18 Å². The van der Waals surface area contributed by atoms with Gasteiger partial charge in [0.05, 0.1) is 24.0 Å². The van der Waals surface area contributed by atoms with Gasteiger partial charge >= 0.3 is 5.97 Å². The minimum absolute atomic E-state index is 0.0252. The van der Waals surface area contributed by atoms with Gasteiger partial charge in [0.1, 0.15) is 5.82 Å². The normalized spacial score (nSPS) is 19.8. The summed E-state index contributed by atoms with van der Waals surface area (Å²) in [6.07, 6.45) is -0.0649. The van der Waals surface area contributed by atoms with Crippen molar-refractivity contribution in [3.8, 4) is 0 Å². The summed E-state index contributed by atoms with van der Waals surface area (Å²) in [5.41, 5.74) is -0.0367. The van der Waals surface area contributed by atoms with Gasteiger partial charge in [-0.05, 0) is 18.7 Å². The maximum Gasteiger partial charge on any atom is 0.337 e. The molecule has 1 saturated heterocycles. The third-order valence-corrected chi connectivity index (χ3v) is 3.42. The molecular weight excluding hydrogens is 263 g/mol. The van der Waals surface area contributed by atoms with Crippen LogP contribution in [-0.2, 0) is 4.74 Å². The van der Waals surface area contributed by atoms with E-state index in [0.717, 1.165) is 19.6 Å². The van der Waals surface area contributed by atoms with E-state index in [1.807, 2.05) is 0 Å². The minimum atomic E-state index is -1.15. The number of aromatic carboxylic acids is 1. The summed E-state index contributed by atoms with van der Waals surface area (Å²) in [4.78, 5) is 13.3. The Balaban J connectivity index is 2.02. The number of likely N-dealkylation sites (N-methyl/N-ethyl adjacent to an activating group) is 1. The molecule has 2 rings (SSSR count). The molecule has 0 spiro atoms. The first-order valence-corrected chi connectivity index (χ1v) is 6.71. The van der Waals surface area contributed by atoms with E-state index in [1.165, 1.54) is 18.2 Å². The summed E-state index contributed by atoms with van der Waals surface area (Å²) in [5, 5.41) is 11.9. The van der Waals surface area contributed by atoms with E-state index in [-0.39, 0.29) is 17.4 Å². The number of carbonyl (C=O) groups is 1. The fraction of sp³-hybridized carbons (Fsp3) is 0.500. The van der Waals surface area contributed by atoms with Gasteiger partial charge < -0.3 is 15.2 Å². The smallest absolute Gasteiger partial charge is 0.337 e. The Bertz CT molecular complexity index is 481. The predicted molar refractivity (Wildman–Crippen MR) is 73.7 cm³/mol. The molecule has 5 nitrogen and oxygen atoms in total. The molecule has 1 aliphatic rings. The Hall–Kier alpha value is -1.66. The van der Waals surface area contributed by atoms with Crippen LogP contribution in [0.3, 0.4) is 0 Å². The second kappa shape index (κ2) is 6.67. The van der Waals surface area contributed by atoms with Crippen LogP contribution in [0.15, 0.2) is 18.2 Å². The highest BCUT2D eigenvalue weighted by Gasteiger charge is 2.21. The summed E-state index contributed by atoms with van der Waals surface area (Å²) in [6.45, 7) is 5.71. The second-order valence-electron chi connectivity index (χ2n) is 4.73. The fourth-order valence-electron chi connectivity index (χ4n) is 2.29. The summed E-state index contributed by atoms with van der Waals surface area (Å²) in [6, 6.07) is 4.02. The number of rotatable bonds is 5. The van der Waals surface area contributed by atoms with Gasteiger partial charge in [-0.25, -0.2) is 9.18 Å². The Kier molecular flexibility index (Phi) is 4.92. The number of hydrogen-bond acceptors (Lipinski definition) is 4. The molecule has 1 aromatic rings. The van der Waals surface area contributed by atoms with Gasteiger partial charge in [-0.2, -0.15) is 0 Å². The van der Waals surface area contributed by atoms with E-state index < -0.39 is 11.8 Å². The first-order valence-electron chi connectivity index (χ1n) is 6.71. The summed E-state index contributed by atoms with van der Waals surface area (Å²) >= 11 is 0. The maximum absolute atomic E-state index is 13.7. The van der Waals surface area contributed by atoms with Crippen LogP contribution >= 0.6 is 0 Å². The van der Waals surface area contributed by atoms with Crippen molar-refractivity contribution in [2.24, 2.45) is 0 Å². The molecule has 110 valence electrons. The van der Waals surface area contributed by atoms with Crippen molar-refractivity contribution in [1.29, 1.82) is 0 Å². The number of halogens is 1. The molecule has 0 aromatic heterocycles. The Morgan fingerprint density at radius 2 is 2.40 bits per heavy atom. The van der Waals surface area contributed by atoms with E-state index in [2.05, 4.69) is 17.1 Å². The summed E-state index contributed by atoms with van der Waals surface area (Å²) < 4.78 is 19.3. The maximum atomic E-state index is 13.7. The van der Waals surface area contributed by atoms with Crippen LogP contribution in [0.2, 0.25) is 0 Å². The van der Waals surface area contributed by atoms with Crippen molar-refractivity contribution in [2.45, 2.75) is 13.0 Å². The van der Waals surface area contributed by atoms with Crippen molar-refractivity contribution in [2.75, 3.05) is 38.1 Å². The van der Waals surface area contributed by atoms with Gasteiger partial charge in [0, 0.05) is 19.6 Å². The van der Waals surface area contributed by atoms with Crippen LogP contribution in [0.5, 0.6) is 0 Å². The highest BCUT2D eigenvalue weighted by atomic mass is 19.1. The second-order valence-corrected chi connectivity index (χ2v) is 4.73. The molecule has 1 unspecified atom stereocenters. The molecule has 1 fully saturated rings. The molecule has 6 heteroatoms. The van der Waals surface area contributed by atoms with Gasteiger partial charge in [-0.1, -0.05) is 13.0 Å². The number of benzene rings is 1. The topological polar surface area (TPSA) is 61.8 Å². The van der Waals surface area contributed by atoms with Crippen LogP contribution in [0.25, 0.3) is 0 Å². The molecule has 0 aliphatic carbocycles. The minimum Gasteiger partial charge on any atom is -0.478 e. The zero-order valence-corrected chi connectivity index (χ0v) is 11.4. The first-order chi connectivity index (χ1) is 9.61. The number of hydrogen-bond donors (Lipinski definition) is 2. The van der Waals surface area contributed by atoms with Crippen LogP contribution in [-0.4, -0.2) is 54.9 Å². The van der Waals surface area contributed by atoms with Gasteiger partial charge in [-0.15, -0.1) is 0 Å². The quantitative estimate of drug-likeness (QED) is 0.860. The van der Waals surface area contributed by atoms with Crippen molar-refractivity contribution in [1.82, 2.24) is 4.90 Å². The Morgan fingerprint density at radius 3 is 3.10 bits per heavy atom. The number of nitrogens with zero attached hydrogens (tertiary/aromatic N) is 1. The molecule has 0 bridgehead atoms. The monoisotopic (exact) mass is 282 g/mol. The number of carboxylic acids is 1. The predicted octanol–water partition coefficient (Wildman–Crippen LogP) is 1.66. The van der Waals surface area contributed by atoms with Gasteiger partial charge in [0.25, 0.3) is 0 Å². The highest BCUT2D eigenvalue weighted by molar-refractivity contribution is 5.94. The highest BCUT2D eigenvalue weighted by Crippen LogP contribution is 2.20. The third kappa shape index (κ3) is 3.46. The molecule has 1 heterocycles. The summed E-state index contributed by atoms with van der Waals surface area (Å²) in [7, 11) is 0. The van der Waals surface area contributed by atoms with Gasteiger partial charge in [0.2, 0.25) is 0 Å². The van der Waals surface area contributed by atoms with Crippen molar-refractivity contribution < 1.29 is 19.0 Å². The van der Waals surface area contributed by atoms with E-state index in [4.69, 9.17) is 9.84 Å². The summed E-state index contributed by atoms with van der Waals surface area (Å²) in [5.74, 6) is -1.71. The van der Waals surface area contributed by atoms with Crippen LogP contribution in [0, 0.1) is 5.82 Å². The molecule has 1 aromatic carbocycles. The number of para-hydroxylation sites is 1. The third-order valence-electron chi connectivity index (χ3n) is 3.42. The molecule has 0 radical (unpaired) electrons. The SMILES string of the molecule is CCN1CCOC(CNc2c(F)cccc2C(=O)O)C1. The zero-order chi connectivity index (χ0) is 14.5. The van der Waals surface area contributed by atoms with Crippen molar-refractivity contribution >= 4 is 11.7 Å². The molecule has 1 atom stereocenters. The molecule has 20 heavy (non-hydrogen) atoms. The number of nitrogens with one attached hydrogen (secondary N) is 1. The van der Waals surface area contributed by atoms with Crippen LogP contribution in [0.1, 0.15) is 17.3 Å². The zero-order valence-electron chi connectivity index (χ0n) is 11.4. The van der Waals surface area contributed by atoms with Gasteiger partial charge in [0.15, 0.2) is 0 Å². The van der Waals surface area contributed by atoms with Crippen molar-refractivity contribution in [3.63, 3.8) is 0 Å². The van der Waals surface area contributed by atoms with Gasteiger partial charge in [-0.3, -0.25) is 4.90 Å². The lowest BCUT2D eigenvalue weighted by Gasteiger charge is -2.32. The molecule has 1 aliphatic heterocycles. The molecular formula is C14H19FN2O3. The number of anilines is 1. The average molecular weight is 282 g/mol. The lowest BCUT2D eigenvalue weighted by atomic mass is 10.1. The largest absolute Gasteiger partial charge is 0.478 e. The molecule has 2 N–H and O–H groups in total. The Labute approximate surface area is 117 Å². The van der Waals surface area contributed by atoms with Crippen LogP contribution < -0.4 is 5.32 Å². The molecule has 0 amide bonds. The van der Waals surface area contributed by atoms with E-state index in [1.54, 1.807) is 0 Å². The Morgan fingerprint density at radius 1 is 1.60 bits per heavy atom. The average Bonchev–Trinajstić information content (AvgIpc) is 2.45. The van der Waals surface area contributed by atoms with Crippen molar-refractivity contribution in [3.05, 3.63) is 29.6 Å². The van der Waals surface area contributed by atoms with E-state index >= 15 is 0 Å². The lowest BCUT2D eigenvalue weighted by molar-refractivity contribution is -0.0192. The standard InChI is InChI=1S/C14H19FN2O3/c1-2-17-6-7-20-10(9-17)8-16-13-11(14(18)19)4-3-5-12(13)15/h3-5,10,16H,2,6-9H2,1H3,(H,18,19). The fourth-order valence-corrected chi connectivity index (χ4v) is 2.29. The van der Waals surface area contributed by atoms with Crippen LogP contribution in [0.4, 0.5) is 10.1 Å². The first kappa shape index (κ1) is 14.7. The number of carboxylic acid groups (broad SMARTS) is 1.